The van der Waals surface area contributed by atoms with Crippen molar-refractivity contribution in [1.29, 1.82) is 0 Å². The van der Waals surface area contributed by atoms with Crippen molar-refractivity contribution >= 4 is 17.4 Å². The summed E-state index contributed by atoms with van der Waals surface area (Å²) in [6, 6.07) is 10.5. The average molecular weight is 328 g/mol. The number of pyridine rings is 1. The average Bonchev–Trinajstić information content (AvgIpc) is 2.63. The van der Waals surface area contributed by atoms with Crippen molar-refractivity contribution in [2.24, 2.45) is 0 Å². The monoisotopic (exact) mass is 328 g/mol. The number of urea groups is 1. The summed E-state index contributed by atoms with van der Waals surface area (Å²) in [6.45, 7) is 2.72. The quantitative estimate of drug-likeness (QED) is 0.903. The molecule has 0 saturated carbocycles. The van der Waals surface area contributed by atoms with Crippen LogP contribution in [0, 0.1) is 0 Å². The van der Waals surface area contributed by atoms with Gasteiger partial charge in [-0.3, -0.25) is 0 Å². The highest BCUT2D eigenvalue weighted by Gasteiger charge is 2.22. The number of carbonyl (C=O) groups excluding carboxylic acids is 1. The number of anilines is 2. The summed E-state index contributed by atoms with van der Waals surface area (Å²) in [4.78, 5) is 20.4. The third-order valence-corrected chi connectivity index (χ3v) is 3.99. The minimum absolute atomic E-state index is 0.161. The second-order valence-electron chi connectivity index (χ2n) is 5.48. The van der Waals surface area contributed by atoms with Gasteiger partial charge in [-0.05, 0) is 36.4 Å². The number of hydrogen-bond acceptors (Lipinski definition) is 5. The third-order valence-electron chi connectivity index (χ3n) is 3.99. The fourth-order valence-electron chi connectivity index (χ4n) is 2.67. The van der Waals surface area contributed by atoms with Gasteiger partial charge in [-0.1, -0.05) is 0 Å². The predicted molar refractivity (Wildman–Crippen MR) is 91.7 cm³/mol. The van der Waals surface area contributed by atoms with Crippen LogP contribution in [0.25, 0.3) is 0 Å². The molecule has 3 rings (SSSR count). The van der Waals surface area contributed by atoms with Gasteiger partial charge in [-0.15, -0.1) is 0 Å². The zero-order chi connectivity index (χ0) is 16.9. The summed E-state index contributed by atoms with van der Waals surface area (Å²) >= 11 is 0. The van der Waals surface area contributed by atoms with Gasteiger partial charge < -0.3 is 25.0 Å². The number of rotatable bonds is 3. The smallest absolute Gasteiger partial charge is 0.322 e. The lowest BCUT2D eigenvalue weighted by molar-refractivity contribution is 0.208. The number of methoxy groups -OCH3 is 1. The SMILES string of the molecule is COc1ncccc1NC(=O)N1CCN(c2ccc(O)cc2)CC1. The van der Waals surface area contributed by atoms with E-state index in [4.69, 9.17) is 4.74 Å². The lowest BCUT2D eigenvalue weighted by Gasteiger charge is -2.36. The van der Waals surface area contributed by atoms with Crippen LogP contribution in [0.3, 0.4) is 0 Å². The van der Waals surface area contributed by atoms with E-state index in [1.54, 1.807) is 35.4 Å². The first-order valence-corrected chi connectivity index (χ1v) is 7.76. The Kier molecular flexibility index (Phi) is 4.69. The van der Waals surface area contributed by atoms with Crippen molar-refractivity contribution < 1.29 is 14.6 Å². The Morgan fingerprint density at radius 2 is 1.88 bits per heavy atom. The second-order valence-corrected chi connectivity index (χ2v) is 5.48. The van der Waals surface area contributed by atoms with Gasteiger partial charge in [0.1, 0.15) is 11.4 Å². The summed E-state index contributed by atoms with van der Waals surface area (Å²) in [5.41, 5.74) is 1.60. The van der Waals surface area contributed by atoms with E-state index in [0.29, 0.717) is 24.7 Å². The summed E-state index contributed by atoms with van der Waals surface area (Å²) in [6.07, 6.45) is 1.62. The number of nitrogens with zero attached hydrogens (tertiary/aromatic N) is 3. The van der Waals surface area contributed by atoms with Gasteiger partial charge >= 0.3 is 6.03 Å². The van der Waals surface area contributed by atoms with Crippen LogP contribution in [0.1, 0.15) is 0 Å². The second kappa shape index (κ2) is 7.08. The van der Waals surface area contributed by atoms with Gasteiger partial charge in [-0.25, -0.2) is 9.78 Å². The van der Waals surface area contributed by atoms with Gasteiger partial charge in [-0.2, -0.15) is 0 Å². The van der Waals surface area contributed by atoms with Crippen LogP contribution in [0.5, 0.6) is 11.6 Å². The molecule has 1 aliphatic heterocycles. The molecule has 0 aliphatic carbocycles. The number of amides is 2. The number of aromatic hydroxyl groups is 1. The van der Waals surface area contributed by atoms with Gasteiger partial charge in [0.2, 0.25) is 5.88 Å². The van der Waals surface area contributed by atoms with Gasteiger partial charge in [0, 0.05) is 38.1 Å². The molecule has 2 aromatic rings. The van der Waals surface area contributed by atoms with Crippen LogP contribution in [0.15, 0.2) is 42.6 Å². The number of aromatic nitrogens is 1. The molecule has 1 aliphatic rings. The predicted octanol–water partition coefficient (Wildman–Crippen LogP) is 2.15. The fraction of sp³-hybridized carbons (Fsp3) is 0.294. The van der Waals surface area contributed by atoms with Gasteiger partial charge in [0.15, 0.2) is 0 Å². The van der Waals surface area contributed by atoms with Crippen molar-refractivity contribution in [3.8, 4) is 11.6 Å². The van der Waals surface area contributed by atoms with Crippen molar-refractivity contribution in [1.82, 2.24) is 9.88 Å². The summed E-state index contributed by atoms with van der Waals surface area (Å²) in [5, 5.41) is 12.2. The number of ether oxygens (including phenoxy) is 1. The Morgan fingerprint density at radius 3 is 2.54 bits per heavy atom. The maximum atomic E-state index is 12.4. The van der Waals surface area contributed by atoms with Crippen LogP contribution < -0.4 is 15.0 Å². The molecule has 0 unspecified atom stereocenters. The first kappa shape index (κ1) is 15.9. The van der Waals surface area contributed by atoms with Gasteiger partial charge in [0.25, 0.3) is 0 Å². The molecular formula is C17H20N4O3. The minimum atomic E-state index is -0.161. The number of carbonyl (C=O) groups is 1. The minimum Gasteiger partial charge on any atom is -0.508 e. The van der Waals surface area contributed by atoms with E-state index in [-0.39, 0.29) is 11.8 Å². The van der Waals surface area contributed by atoms with Crippen LogP contribution in [0.2, 0.25) is 0 Å². The van der Waals surface area contributed by atoms with Crippen LogP contribution in [0.4, 0.5) is 16.2 Å². The van der Waals surface area contributed by atoms with E-state index < -0.39 is 0 Å². The Bertz CT molecular complexity index is 697. The van der Waals surface area contributed by atoms with Crippen molar-refractivity contribution in [2.45, 2.75) is 0 Å². The molecule has 1 aromatic heterocycles. The van der Waals surface area contributed by atoms with E-state index >= 15 is 0 Å². The standard InChI is InChI=1S/C17H20N4O3/c1-24-16-15(3-2-8-18-16)19-17(23)21-11-9-20(10-12-21)13-4-6-14(22)7-5-13/h2-8,22H,9-12H2,1H3,(H,19,23). The lowest BCUT2D eigenvalue weighted by Crippen LogP contribution is -2.50. The number of nitrogens with one attached hydrogen (secondary N) is 1. The number of phenolic OH excluding ortho intramolecular Hbond substituents is 1. The fourth-order valence-corrected chi connectivity index (χ4v) is 2.67. The van der Waals surface area contributed by atoms with E-state index in [2.05, 4.69) is 15.2 Å². The van der Waals surface area contributed by atoms with Crippen LogP contribution >= 0.6 is 0 Å². The molecule has 2 N–H and O–H groups in total. The zero-order valence-corrected chi connectivity index (χ0v) is 13.5. The number of benzene rings is 1. The van der Waals surface area contributed by atoms with Crippen LogP contribution in [-0.2, 0) is 0 Å². The molecule has 0 spiro atoms. The Balaban J connectivity index is 1.58. The maximum Gasteiger partial charge on any atom is 0.322 e. The highest BCUT2D eigenvalue weighted by molar-refractivity contribution is 5.90. The zero-order valence-electron chi connectivity index (χ0n) is 13.5. The number of piperazine rings is 1. The third kappa shape index (κ3) is 3.51. The van der Waals surface area contributed by atoms with Crippen LogP contribution in [-0.4, -0.2) is 54.3 Å². The first-order chi connectivity index (χ1) is 11.7. The molecule has 1 aromatic carbocycles. The Morgan fingerprint density at radius 1 is 1.17 bits per heavy atom. The largest absolute Gasteiger partial charge is 0.508 e. The molecule has 0 radical (unpaired) electrons. The molecule has 1 fully saturated rings. The molecule has 2 heterocycles. The van der Waals surface area contributed by atoms with Crippen molar-refractivity contribution in [3.05, 3.63) is 42.6 Å². The van der Waals surface area contributed by atoms with E-state index in [9.17, 15) is 9.90 Å². The molecular weight excluding hydrogens is 308 g/mol. The summed E-state index contributed by atoms with van der Waals surface area (Å²) in [5.74, 6) is 0.649. The van der Waals surface area contributed by atoms with E-state index in [1.165, 1.54) is 7.11 Å². The van der Waals surface area contributed by atoms with E-state index in [0.717, 1.165) is 18.8 Å². The number of phenols is 1. The molecule has 7 nitrogen and oxygen atoms in total. The first-order valence-electron chi connectivity index (χ1n) is 7.76. The summed E-state index contributed by atoms with van der Waals surface area (Å²) in [7, 11) is 1.52. The highest BCUT2D eigenvalue weighted by Crippen LogP contribution is 2.22. The van der Waals surface area contributed by atoms with E-state index in [1.807, 2.05) is 12.1 Å². The number of hydrogen-bond donors (Lipinski definition) is 2. The topological polar surface area (TPSA) is 77.9 Å². The highest BCUT2D eigenvalue weighted by atomic mass is 16.5. The normalized spacial score (nSPS) is 14.4. The molecule has 2 amide bonds. The summed E-state index contributed by atoms with van der Waals surface area (Å²) < 4.78 is 5.15. The molecule has 7 heteroatoms. The Hall–Kier alpha value is -2.96. The molecule has 126 valence electrons. The van der Waals surface area contributed by atoms with Crippen molar-refractivity contribution in [3.63, 3.8) is 0 Å². The molecule has 0 bridgehead atoms. The lowest BCUT2D eigenvalue weighted by atomic mass is 10.2. The molecule has 24 heavy (non-hydrogen) atoms. The maximum absolute atomic E-state index is 12.4. The Labute approximate surface area is 140 Å². The van der Waals surface area contributed by atoms with Gasteiger partial charge in [0.05, 0.1) is 7.11 Å². The molecule has 1 saturated heterocycles. The van der Waals surface area contributed by atoms with Crippen molar-refractivity contribution in [2.75, 3.05) is 43.5 Å². The molecule has 0 atom stereocenters.